The van der Waals surface area contributed by atoms with Crippen LogP contribution in [-0.2, 0) is 11.2 Å². The Kier molecular flexibility index (Phi) is 6.00. The average Bonchev–Trinajstić information content (AvgIpc) is 2.53. The van der Waals surface area contributed by atoms with E-state index in [4.69, 9.17) is 0 Å². The van der Waals surface area contributed by atoms with Crippen LogP contribution in [0.4, 0.5) is 0 Å². The third-order valence-electron chi connectivity index (χ3n) is 3.40. The predicted molar refractivity (Wildman–Crippen MR) is 90.6 cm³/mol. The molecule has 0 fully saturated rings. The maximum Gasteiger partial charge on any atom is 0.220 e. The molecule has 2 aromatic rings. The molecule has 0 saturated carbocycles. The Hall–Kier alpha value is -1.61. The summed E-state index contributed by atoms with van der Waals surface area (Å²) < 4.78 is 0. The van der Waals surface area contributed by atoms with Crippen molar-refractivity contribution in [2.75, 3.05) is 6.54 Å². The summed E-state index contributed by atoms with van der Waals surface area (Å²) in [6, 6.07) is 18.4. The first-order valence-corrected chi connectivity index (χ1v) is 8.08. The van der Waals surface area contributed by atoms with Crippen molar-refractivity contribution in [1.29, 1.82) is 0 Å². The lowest BCUT2D eigenvalue weighted by Crippen LogP contribution is -2.26. The molecule has 3 heteroatoms. The highest BCUT2D eigenvalue weighted by molar-refractivity contribution is 9.09. The normalized spacial score (nSPS) is 11.9. The number of nitrogens with one attached hydrogen (secondary N) is 1. The Bertz CT molecular complexity index is 566. The predicted octanol–water partition coefficient (Wildman–Crippen LogP) is 4.18. The molecule has 0 aliphatic heterocycles. The molecule has 2 aromatic carbocycles. The second-order valence-electron chi connectivity index (χ2n) is 5.17. The van der Waals surface area contributed by atoms with E-state index in [1.54, 1.807) is 0 Å². The van der Waals surface area contributed by atoms with E-state index in [0.717, 1.165) is 6.42 Å². The van der Waals surface area contributed by atoms with Gasteiger partial charge in [-0.25, -0.2) is 0 Å². The molecule has 0 heterocycles. The van der Waals surface area contributed by atoms with Crippen LogP contribution in [0.15, 0.2) is 54.6 Å². The van der Waals surface area contributed by atoms with E-state index in [1.807, 2.05) is 18.2 Å². The Morgan fingerprint density at radius 2 is 1.76 bits per heavy atom. The number of carbonyl (C=O) groups is 1. The van der Waals surface area contributed by atoms with Gasteiger partial charge in [-0.2, -0.15) is 0 Å². The van der Waals surface area contributed by atoms with E-state index >= 15 is 0 Å². The maximum atomic E-state index is 11.9. The Morgan fingerprint density at radius 1 is 1.10 bits per heavy atom. The minimum atomic E-state index is 0.0935. The van der Waals surface area contributed by atoms with E-state index in [1.165, 1.54) is 16.7 Å². The van der Waals surface area contributed by atoms with Crippen molar-refractivity contribution in [2.45, 2.75) is 24.6 Å². The maximum absolute atomic E-state index is 11.9. The molecule has 110 valence electrons. The van der Waals surface area contributed by atoms with E-state index < -0.39 is 0 Å². The van der Waals surface area contributed by atoms with Gasteiger partial charge in [0.05, 0.1) is 4.83 Å². The molecule has 0 saturated heterocycles. The van der Waals surface area contributed by atoms with Crippen LogP contribution in [0.25, 0.3) is 0 Å². The first-order chi connectivity index (χ1) is 10.1. The summed E-state index contributed by atoms with van der Waals surface area (Å²) in [5.41, 5.74) is 3.62. The van der Waals surface area contributed by atoms with Crippen LogP contribution in [0.1, 0.15) is 27.9 Å². The van der Waals surface area contributed by atoms with Gasteiger partial charge in [-0.3, -0.25) is 4.79 Å². The van der Waals surface area contributed by atoms with Gasteiger partial charge in [0.15, 0.2) is 0 Å². The lowest BCUT2D eigenvalue weighted by Gasteiger charge is -2.11. The van der Waals surface area contributed by atoms with Gasteiger partial charge in [0.1, 0.15) is 0 Å². The second kappa shape index (κ2) is 7.99. The summed E-state index contributed by atoms with van der Waals surface area (Å²) in [6.07, 6.45) is 1.31. The van der Waals surface area contributed by atoms with Crippen LogP contribution in [0.3, 0.4) is 0 Å². The molecular weight excluding hydrogens is 326 g/mol. The number of rotatable bonds is 6. The number of halogens is 1. The van der Waals surface area contributed by atoms with Gasteiger partial charge in [0, 0.05) is 13.0 Å². The first kappa shape index (κ1) is 15.8. The van der Waals surface area contributed by atoms with Gasteiger partial charge in [-0.1, -0.05) is 76.1 Å². The summed E-state index contributed by atoms with van der Waals surface area (Å²) in [4.78, 5) is 12.0. The van der Waals surface area contributed by atoms with E-state index in [-0.39, 0.29) is 10.7 Å². The van der Waals surface area contributed by atoms with E-state index in [0.29, 0.717) is 13.0 Å². The minimum absolute atomic E-state index is 0.0935. The highest BCUT2D eigenvalue weighted by Crippen LogP contribution is 2.21. The molecule has 0 spiro atoms. The number of carbonyl (C=O) groups excluding carboxylic acids is 1. The molecule has 0 aliphatic carbocycles. The van der Waals surface area contributed by atoms with E-state index in [9.17, 15) is 4.79 Å². The van der Waals surface area contributed by atoms with Crippen molar-refractivity contribution in [3.63, 3.8) is 0 Å². The largest absolute Gasteiger partial charge is 0.355 e. The van der Waals surface area contributed by atoms with Crippen molar-refractivity contribution in [1.82, 2.24) is 5.32 Å². The van der Waals surface area contributed by atoms with Crippen molar-refractivity contribution in [3.8, 4) is 0 Å². The van der Waals surface area contributed by atoms with Crippen LogP contribution in [0, 0.1) is 6.92 Å². The topological polar surface area (TPSA) is 29.1 Å². The smallest absolute Gasteiger partial charge is 0.220 e. The van der Waals surface area contributed by atoms with Gasteiger partial charge in [-0.15, -0.1) is 0 Å². The third-order valence-corrected chi connectivity index (χ3v) is 4.25. The van der Waals surface area contributed by atoms with Crippen molar-refractivity contribution >= 4 is 21.8 Å². The van der Waals surface area contributed by atoms with Crippen LogP contribution < -0.4 is 5.32 Å². The Labute approximate surface area is 134 Å². The van der Waals surface area contributed by atoms with Crippen molar-refractivity contribution in [2.24, 2.45) is 0 Å². The lowest BCUT2D eigenvalue weighted by molar-refractivity contribution is -0.121. The molecule has 1 N–H and O–H groups in total. The van der Waals surface area contributed by atoms with E-state index in [2.05, 4.69) is 64.6 Å². The fourth-order valence-electron chi connectivity index (χ4n) is 2.08. The number of amides is 1. The molecule has 21 heavy (non-hydrogen) atoms. The number of benzene rings is 2. The molecule has 2 rings (SSSR count). The summed E-state index contributed by atoms with van der Waals surface area (Å²) in [5, 5.41) is 2.98. The Morgan fingerprint density at radius 3 is 2.43 bits per heavy atom. The highest BCUT2D eigenvalue weighted by Gasteiger charge is 2.09. The number of hydrogen-bond donors (Lipinski definition) is 1. The molecule has 1 amide bonds. The summed E-state index contributed by atoms with van der Waals surface area (Å²) in [6.45, 7) is 2.67. The molecule has 1 atom stereocenters. The monoisotopic (exact) mass is 345 g/mol. The van der Waals surface area contributed by atoms with Gasteiger partial charge in [0.25, 0.3) is 0 Å². The quantitative estimate of drug-likeness (QED) is 0.781. The average molecular weight is 346 g/mol. The summed E-state index contributed by atoms with van der Waals surface area (Å²) in [7, 11) is 0. The molecule has 2 nitrogen and oxygen atoms in total. The lowest BCUT2D eigenvalue weighted by atomic mass is 10.1. The van der Waals surface area contributed by atoms with Crippen LogP contribution in [-0.4, -0.2) is 12.5 Å². The van der Waals surface area contributed by atoms with Crippen LogP contribution in [0.5, 0.6) is 0 Å². The fraction of sp³-hybridized carbons (Fsp3) is 0.278. The van der Waals surface area contributed by atoms with Gasteiger partial charge < -0.3 is 5.32 Å². The number of aryl methyl sites for hydroxylation is 2. The molecule has 0 radical (unpaired) electrons. The summed E-state index contributed by atoms with van der Waals surface area (Å²) >= 11 is 3.60. The summed E-state index contributed by atoms with van der Waals surface area (Å²) in [5.74, 6) is 0.0935. The fourth-order valence-corrected chi connectivity index (χ4v) is 2.55. The zero-order valence-corrected chi connectivity index (χ0v) is 13.8. The van der Waals surface area contributed by atoms with Crippen LogP contribution >= 0.6 is 15.9 Å². The highest BCUT2D eigenvalue weighted by atomic mass is 79.9. The Balaban J connectivity index is 1.73. The van der Waals surface area contributed by atoms with Crippen molar-refractivity contribution < 1.29 is 4.79 Å². The number of alkyl halides is 1. The number of hydrogen-bond acceptors (Lipinski definition) is 1. The van der Waals surface area contributed by atoms with Crippen LogP contribution in [0.2, 0.25) is 0 Å². The zero-order chi connectivity index (χ0) is 15.1. The standard InChI is InChI=1S/C18H20BrNO/c1-14-7-9-15(10-8-14)11-12-18(21)20-13-17(19)16-5-3-2-4-6-16/h2-10,17H,11-13H2,1H3,(H,20,21). The van der Waals surface area contributed by atoms with Crippen molar-refractivity contribution in [3.05, 3.63) is 71.3 Å². The molecule has 0 aromatic heterocycles. The SMILES string of the molecule is Cc1ccc(CCC(=O)NCC(Br)c2ccccc2)cc1. The first-order valence-electron chi connectivity index (χ1n) is 7.16. The molecule has 1 unspecified atom stereocenters. The molecular formula is C18H20BrNO. The van der Waals surface area contributed by atoms with Gasteiger partial charge in [-0.05, 0) is 24.5 Å². The molecule has 0 aliphatic rings. The molecule has 0 bridgehead atoms. The zero-order valence-electron chi connectivity index (χ0n) is 12.2. The van der Waals surface area contributed by atoms with Gasteiger partial charge >= 0.3 is 0 Å². The minimum Gasteiger partial charge on any atom is -0.355 e. The second-order valence-corrected chi connectivity index (χ2v) is 6.27. The third kappa shape index (κ3) is 5.35. The van der Waals surface area contributed by atoms with Gasteiger partial charge in [0.2, 0.25) is 5.91 Å².